The number of rotatable bonds is 3. The van der Waals surface area contributed by atoms with Crippen LogP contribution in [-0.4, -0.2) is 49.1 Å². The molecule has 2 aliphatic heterocycles. The fourth-order valence-corrected chi connectivity index (χ4v) is 4.10. The minimum absolute atomic E-state index is 0.475. The van der Waals surface area contributed by atoms with Gasteiger partial charge in [0.2, 0.25) is 0 Å². The SMILES string of the molecule is CC(C)(CN1CCCSCC1)C1CCCNC1. The van der Waals surface area contributed by atoms with Crippen molar-refractivity contribution in [2.75, 3.05) is 44.2 Å². The topological polar surface area (TPSA) is 15.3 Å². The Morgan fingerprint density at radius 1 is 1.24 bits per heavy atom. The molecular formula is C14H28N2S. The lowest BCUT2D eigenvalue weighted by Crippen LogP contribution is -2.45. The second kappa shape index (κ2) is 6.44. The van der Waals surface area contributed by atoms with Crippen LogP contribution in [0.15, 0.2) is 0 Å². The zero-order valence-electron chi connectivity index (χ0n) is 11.5. The summed E-state index contributed by atoms with van der Waals surface area (Å²) in [6, 6.07) is 0. The number of nitrogens with zero attached hydrogens (tertiary/aromatic N) is 1. The summed E-state index contributed by atoms with van der Waals surface area (Å²) in [6.07, 6.45) is 4.16. The van der Waals surface area contributed by atoms with Gasteiger partial charge in [-0.3, -0.25) is 0 Å². The first-order chi connectivity index (χ1) is 8.18. The van der Waals surface area contributed by atoms with Crippen molar-refractivity contribution in [3.8, 4) is 0 Å². The van der Waals surface area contributed by atoms with E-state index in [1.807, 2.05) is 0 Å². The lowest BCUT2D eigenvalue weighted by Gasteiger charge is -2.40. The Bertz CT molecular complexity index is 216. The van der Waals surface area contributed by atoms with Crippen LogP contribution in [-0.2, 0) is 0 Å². The van der Waals surface area contributed by atoms with E-state index in [1.165, 1.54) is 63.5 Å². The maximum absolute atomic E-state index is 3.57. The summed E-state index contributed by atoms with van der Waals surface area (Å²) in [5.41, 5.74) is 0.475. The molecule has 100 valence electrons. The summed E-state index contributed by atoms with van der Waals surface area (Å²) in [5.74, 6) is 3.56. The van der Waals surface area contributed by atoms with E-state index in [2.05, 4.69) is 35.8 Å². The molecule has 2 fully saturated rings. The van der Waals surface area contributed by atoms with Gasteiger partial charge in [0, 0.05) is 18.8 Å². The molecule has 0 aliphatic carbocycles. The Hall–Kier alpha value is 0.270. The van der Waals surface area contributed by atoms with E-state index >= 15 is 0 Å². The van der Waals surface area contributed by atoms with Crippen molar-refractivity contribution >= 4 is 11.8 Å². The smallest absolute Gasteiger partial charge is 0.00726 e. The molecule has 0 bridgehead atoms. The zero-order chi connectivity index (χ0) is 12.1. The average Bonchev–Trinajstić information content (AvgIpc) is 2.58. The summed E-state index contributed by atoms with van der Waals surface area (Å²) in [5, 5.41) is 3.57. The van der Waals surface area contributed by atoms with Crippen LogP contribution in [0, 0.1) is 11.3 Å². The predicted octanol–water partition coefficient (Wildman–Crippen LogP) is 2.45. The number of hydrogen-bond donors (Lipinski definition) is 1. The van der Waals surface area contributed by atoms with Gasteiger partial charge in [0.15, 0.2) is 0 Å². The minimum Gasteiger partial charge on any atom is -0.316 e. The van der Waals surface area contributed by atoms with E-state index in [9.17, 15) is 0 Å². The molecule has 3 heteroatoms. The average molecular weight is 256 g/mol. The van der Waals surface area contributed by atoms with E-state index in [0.717, 1.165) is 5.92 Å². The molecule has 1 atom stereocenters. The van der Waals surface area contributed by atoms with Gasteiger partial charge < -0.3 is 10.2 Å². The summed E-state index contributed by atoms with van der Waals surface area (Å²) in [4.78, 5) is 2.70. The Kier molecular flexibility index (Phi) is 5.19. The highest BCUT2D eigenvalue weighted by atomic mass is 32.2. The van der Waals surface area contributed by atoms with Crippen molar-refractivity contribution < 1.29 is 0 Å². The monoisotopic (exact) mass is 256 g/mol. The van der Waals surface area contributed by atoms with Crippen molar-refractivity contribution in [3.05, 3.63) is 0 Å². The highest BCUT2D eigenvalue weighted by Gasteiger charge is 2.32. The van der Waals surface area contributed by atoms with Gasteiger partial charge in [0.25, 0.3) is 0 Å². The van der Waals surface area contributed by atoms with E-state index in [-0.39, 0.29) is 0 Å². The van der Waals surface area contributed by atoms with Gasteiger partial charge in [-0.25, -0.2) is 0 Å². The second-order valence-corrected chi connectivity index (χ2v) is 7.50. The summed E-state index contributed by atoms with van der Waals surface area (Å²) < 4.78 is 0. The van der Waals surface area contributed by atoms with Crippen LogP contribution >= 0.6 is 11.8 Å². The van der Waals surface area contributed by atoms with Gasteiger partial charge in [-0.2, -0.15) is 11.8 Å². The first-order valence-electron chi connectivity index (χ1n) is 7.19. The maximum Gasteiger partial charge on any atom is 0.00726 e. The normalized spacial score (nSPS) is 28.9. The molecule has 2 heterocycles. The quantitative estimate of drug-likeness (QED) is 0.835. The summed E-state index contributed by atoms with van der Waals surface area (Å²) >= 11 is 2.13. The maximum atomic E-state index is 3.57. The third kappa shape index (κ3) is 4.15. The lowest BCUT2D eigenvalue weighted by atomic mass is 9.74. The van der Waals surface area contributed by atoms with Gasteiger partial charge >= 0.3 is 0 Å². The molecule has 1 N–H and O–H groups in total. The van der Waals surface area contributed by atoms with Crippen molar-refractivity contribution in [2.45, 2.75) is 33.1 Å². The third-order valence-electron chi connectivity index (χ3n) is 4.35. The fourth-order valence-electron chi connectivity index (χ4n) is 3.18. The molecule has 0 aromatic carbocycles. The van der Waals surface area contributed by atoms with Gasteiger partial charge in [0.05, 0.1) is 0 Å². The van der Waals surface area contributed by atoms with Gasteiger partial charge in [0.1, 0.15) is 0 Å². The standard InChI is InChI=1S/C14H28N2S/c1-14(2,13-5-3-6-15-11-13)12-16-7-4-9-17-10-8-16/h13,15H,3-12H2,1-2H3. The fraction of sp³-hybridized carbons (Fsp3) is 1.00. The van der Waals surface area contributed by atoms with Gasteiger partial charge in [-0.05, 0) is 56.0 Å². The van der Waals surface area contributed by atoms with Crippen molar-refractivity contribution in [1.82, 2.24) is 10.2 Å². The molecule has 0 aromatic rings. The Balaban J connectivity index is 1.85. The molecule has 0 amide bonds. The van der Waals surface area contributed by atoms with Crippen LogP contribution in [0.1, 0.15) is 33.1 Å². The highest BCUT2D eigenvalue weighted by molar-refractivity contribution is 7.99. The summed E-state index contributed by atoms with van der Waals surface area (Å²) in [6.45, 7) is 11.3. The number of piperidine rings is 1. The number of hydrogen-bond acceptors (Lipinski definition) is 3. The molecule has 0 aromatic heterocycles. The molecule has 2 aliphatic rings. The van der Waals surface area contributed by atoms with Crippen LogP contribution in [0.3, 0.4) is 0 Å². The lowest BCUT2D eigenvalue weighted by molar-refractivity contribution is 0.105. The van der Waals surface area contributed by atoms with Crippen LogP contribution in [0.25, 0.3) is 0 Å². The van der Waals surface area contributed by atoms with E-state index < -0.39 is 0 Å². The second-order valence-electron chi connectivity index (χ2n) is 6.27. The van der Waals surface area contributed by atoms with Crippen LogP contribution in [0.4, 0.5) is 0 Å². The molecular weight excluding hydrogens is 228 g/mol. The first kappa shape index (κ1) is 13.7. The Morgan fingerprint density at radius 2 is 2.12 bits per heavy atom. The highest BCUT2D eigenvalue weighted by Crippen LogP contribution is 2.33. The Labute approximate surface area is 111 Å². The molecule has 0 radical (unpaired) electrons. The van der Waals surface area contributed by atoms with Crippen LogP contribution in [0.5, 0.6) is 0 Å². The third-order valence-corrected chi connectivity index (χ3v) is 5.40. The molecule has 2 rings (SSSR count). The van der Waals surface area contributed by atoms with Crippen LogP contribution < -0.4 is 5.32 Å². The predicted molar refractivity (Wildman–Crippen MR) is 77.8 cm³/mol. The molecule has 1 unspecified atom stereocenters. The van der Waals surface area contributed by atoms with E-state index in [1.54, 1.807) is 0 Å². The minimum atomic E-state index is 0.475. The molecule has 17 heavy (non-hydrogen) atoms. The number of nitrogens with one attached hydrogen (secondary N) is 1. The largest absolute Gasteiger partial charge is 0.316 e. The van der Waals surface area contributed by atoms with E-state index in [4.69, 9.17) is 0 Å². The van der Waals surface area contributed by atoms with Gasteiger partial charge in [-0.15, -0.1) is 0 Å². The van der Waals surface area contributed by atoms with Gasteiger partial charge in [-0.1, -0.05) is 13.8 Å². The summed E-state index contributed by atoms with van der Waals surface area (Å²) in [7, 11) is 0. The van der Waals surface area contributed by atoms with Crippen molar-refractivity contribution in [1.29, 1.82) is 0 Å². The van der Waals surface area contributed by atoms with E-state index in [0.29, 0.717) is 5.41 Å². The molecule has 0 spiro atoms. The molecule has 0 saturated carbocycles. The van der Waals surface area contributed by atoms with Crippen molar-refractivity contribution in [2.24, 2.45) is 11.3 Å². The molecule has 2 saturated heterocycles. The Morgan fingerprint density at radius 3 is 2.88 bits per heavy atom. The molecule has 2 nitrogen and oxygen atoms in total. The zero-order valence-corrected chi connectivity index (χ0v) is 12.3. The first-order valence-corrected chi connectivity index (χ1v) is 8.35. The van der Waals surface area contributed by atoms with Crippen LogP contribution in [0.2, 0.25) is 0 Å². The van der Waals surface area contributed by atoms with Crippen molar-refractivity contribution in [3.63, 3.8) is 0 Å². The number of thioether (sulfide) groups is 1.